The van der Waals surface area contributed by atoms with Gasteiger partial charge in [0.1, 0.15) is 5.75 Å². The summed E-state index contributed by atoms with van der Waals surface area (Å²) in [7, 11) is 3.32. The Morgan fingerprint density at radius 3 is 2.50 bits per heavy atom. The van der Waals surface area contributed by atoms with Crippen LogP contribution < -0.4 is 15.0 Å². The second kappa shape index (κ2) is 8.72. The van der Waals surface area contributed by atoms with E-state index in [0.29, 0.717) is 30.7 Å². The van der Waals surface area contributed by atoms with Gasteiger partial charge in [-0.2, -0.15) is 0 Å². The molecule has 0 unspecified atom stereocenters. The molecule has 0 fully saturated rings. The van der Waals surface area contributed by atoms with E-state index in [1.165, 1.54) is 0 Å². The summed E-state index contributed by atoms with van der Waals surface area (Å²) in [5, 5.41) is 2.81. The van der Waals surface area contributed by atoms with E-state index >= 15 is 0 Å². The fraction of sp³-hybridized carbons (Fsp3) is 0.263. The standard InChI is InChI=1S/C19H22N2O3/c1-21(16-9-4-3-5-10-16)19(23)13-7-12-18(22)20-15-8-6-11-17(14-15)24-2/h3-6,8-11,14H,7,12-13H2,1-2H3,(H,20,22). The van der Waals surface area contributed by atoms with Gasteiger partial charge >= 0.3 is 0 Å². The van der Waals surface area contributed by atoms with Gasteiger partial charge in [-0.1, -0.05) is 24.3 Å². The van der Waals surface area contributed by atoms with E-state index in [9.17, 15) is 9.59 Å². The lowest BCUT2D eigenvalue weighted by Gasteiger charge is -2.17. The number of carbonyl (C=O) groups excluding carboxylic acids is 2. The second-order valence-corrected chi connectivity index (χ2v) is 5.42. The van der Waals surface area contributed by atoms with Crippen molar-refractivity contribution in [2.45, 2.75) is 19.3 Å². The van der Waals surface area contributed by atoms with E-state index < -0.39 is 0 Å². The first-order valence-corrected chi connectivity index (χ1v) is 7.85. The smallest absolute Gasteiger partial charge is 0.226 e. The molecule has 0 bridgehead atoms. The van der Waals surface area contributed by atoms with Crippen molar-refractivity contribution in [2.75, 3.05) is 24.4 Å². The van der Waals surface area contributed by atoms with Crippen LogP contribution in [0.1, 0.15) is 19.3 Å². The molecule has 2 rings (SSSR count). The highest BCUT2D eigenvalue weighted by Gasteiger charge is 2.11. The van der Waals surface area contributed by atoms with Crippen LogP contribution in [0.5, 0.6) is 5.75 Å². The van der Waals surface area contributed by atoms with Crippen LogP contribution in [-0.2, 0) is 9.59 Å². The van der Waals surface area contributed by atoms with Crippen LogP contribution >= 0.6 is 0 Å². The normalized spacial score (nSPS) is 10.1. The Labute approximate surface area is 142 Å². The average molecular weight is 326 g/mol. The summed E-state index contributed by atoms with van der Waals surface area (Å²) in [6, 6.07) is 16.6. The summed E-state index contributed by atoms with van der Waals surface area (Å²) in [6.07, 6.45) is 1.13. The zero-order valence-corrected chi connectivity index (χ0v) is 14.0. The van der Waals surface area contributed by atoms with Crippen LogP contribution in [0.25, 0.3) is 0 Å². The number of nitrogens with one attached hydrogen (secondary N) is 1. The van der Waals surface area contributed by atoms with Crippen molar-refractivity contribution in [3.8, 4) is 5.75 Å². The molecule has 1 N–H and O–H groups in total. The molecule has 5 heteroatoms. The lowest BCUT2D eigenvalue weighted by Crippen LogP contribution is -2.26. The van der Waals surface area contributed by atoms with Crippen molar-refractivity contribution in [2.24, 2.45) is 0 Å². The van der Waals surface area contributed by atoms with Crippen LogP contribution in [0.4, 0.5) is 11.4 Å². The molecule has 5 nitrogen and oxygen atoms in total. The lowest BCUT2D eigenvalue weighted by molar-refractivity contribution is -0.118. The molecule has 2 amide bonds. The number of carbonyl (C=O) groups is 2. The number of para-hydroxylation sites is 1. The van der Waals surface area contributed by atoms with E-state index in [0.717, 1.165) is 5.69 Å². The van der Waals surface area contributed by atoms with E-state index in [-0.39, 0.29) is 11.8 Å². The molecular formula is C19H22N2O3. The molecule has 0 aliphatic rings. The molecule has 0 saturated heterocycles. The number of rotatable bonds is 7. The van der Waals surface area contributed by atoms with Gasteiger partial charge < -0.3 is 15.0 Å². The topological polar surface area (TPSA) is 58.6 Å². The number of amides is 2. The summed E-state index contributed by atoms with van der Waals surface area (Å²) in [5.74, 6) is 0.571. The molecule has 0 aromatic heterocycles. The average Bonchev–Trinajstić information content (AvgIpc) is 2.61. The number of hydrogen-bond donors (Lipinski definition) is 1. The molecule has 0 atom stereocenters. The Morgan fingerprint density at radius 2 is 1.79 bits per heavy atom. The minimum atomic E-state index is -0.113. The van der Waals surface area contributed by atoms with Crippen molar-refractivity contribution in [3.05, 3.63) is 54.6 Å². The van der Waals surface area contributed by atoms with Crippen LogP contribution in [0.2, 0.25) is 0 Å². The third-order valence-corrected chi connectivity index (χ3v) is 3.67. The third-order valence-electron chi connectivity index (χ3n) is 3.67. The zero-order chi connectivity index (χ0) is 17.4. The van der Waals surface area contributed by atoms with E-state index in [1.54, 1.807) is 31.2 Å². The minimum absolute atomic E-state index is 0.00428. The third kappa shape index (κ3) is 5.12. The van der Waals surface area contributed by atoms with E-state index in [1.807, 2.05) is 42.5 Å². The molecule has 0 spiro atoms. The van der Waals surface area contributed by atoms with Crippen LogP contribution in [0.15, 0.2) is 54.6 Å². The van der Waals surface area contributed by atoms with Crippen molar-refractivity contribution in [3.63, 3.8) is 0 Å². The Bertz CT molecular complexity index is 686. The molecule has 2 aromatic carbocycles. The summed E-state index contributed by atoms with van der Waals surface area (Å²) >= 11 is 0. The van der Waals surface area contributed by atoms with Crippen molar-refractivity contribution in [1.82, 2.24) is 0 Å². The van der Waals surface area contributed by atoms with Gasteiger partial charge in [0.05, 0.1) is 7.11 Å². The molecule has 0 heterocycles. The molecule has 0 saturated carbocycles. The summed E-state index contributed by atoms with van der Waals surface area (Å²) in [6.45, 7) is 0. The van der Waals surface area contributed by atoms with E-state index in [2.05, 4.69) is 5.32 Å². The number of hydrogen-bond acceptors (Lipinski definition) is 3. The molecular weight excluding hydrogens is 304 g/mol. The second-order valence-electron chi connectivity index (χ2n) is 5.42. The molecule has 24 heavy (non-hydrogen) atoms. The fourth-order valence-corrected chi connectivity index (χ4v) is 2.29. The van der Waals surface area contributed by atoms with Crippen molar-refractivity contribution >= 4 is 23.2 Å². The first-order valence-electron chi connectivity index (χ1n) is 7.85. The molecule has 0 aliphatic carbocycles. The maximum absolute atomic E-state index is 12.1. The molecule has 2 aromatic rings. The highest BCUT2D eigenvalue weighted by molar-refractivity contribution is 5.94. The highest BCUT2D eigenvalue weighted by atomic mass is 16.5. The van der Waals surface area contributed by atoms with Gasteiger partial charge in [-0.15, -0.1) is 0 Å². The van der Waals surface area contributed by atoms with Gasteiger partial charge in [0.25, 0.3) is 0 Å². The van der Waals surface area contributed by atoms with Crippen molar-refractivity contribution < 1.29 is 14.3 Å². The zero-order valence-electron chi connectivity index (χ0n) is 14.0. The summed E-state index contributed by atoms with van der Waals surface area (Å²) in [4.78, 5) is 25.7. The van der Waals surface area contributed by atoms with Gasteiger partial charge in [-0.25, -0.2) is 0 Å². The van der Waals surface area contributed by atoms with Crippen LogP contribution in [-0.4, -0.2) is 26.0 Å². The van der Waals surface area contributed by atoms with E-state index in [4.69, 9.17) is 4.74 Å². The number of ether oxygens (including phenoxy) is 1. The van der Waals surface area contributed by atoms with Gasteiger partial charge in [-0.3, -0.25) is 9.59 Å². The largest absolute Gasteiger partial charge is 0.497 e. The Kier molecular flexibility index (Phi) is 6.37. The Balaban J connectivity index is 1.76. The first kappa shape index (κ1) is 17.5. The van der Waals surface area contributed by atoms with Gasteiger partial charge in [0.15, 0.2) is 0 Å². The number of benzene rings is 2. The minimum Gasteiger partial charge on any atom is -0.497 e. The van der Waals surface area contributed by atoms with Crippen LogP contribution in [0, 0.1) is 0 Å². The highest BCUT2D eigenvalue weighted by Crippen LogP contribution is 2.17. The fourth-order valence-electron chi connectivity index (χ4n) is 2.29. The summed E-state index contributed by atoms with van der Waals surface area (Å²) < 4.78 is 5.12. The van der Waals surface area contributed by atoms with Gasteiger partial charge in [-0.05, 0) is 30.7 Å². The number of nitrogens with zero attached hydrogens (tertiary/aromatic N) is 1. The SMILES string of the molecule is COc1cccc(NC(=O)CCCC(=O)N(C)c2ccccc2)c1. The Hall–Kier alpha value is -2.82. The number of methoxy groups -OCH3 is 1. The van der Waals surface area contributed by atoms with Crippen molar-refractivity contribution in [1.29, 1.82) is 0 Å². The monoisotopic (exact) mass is 326 g/mol. The molecule has 126 valence electrons. The predicted octanol–water partition coefficient (Wildman–Crippen LogP) is 3.47. The van der Waals surface area contributed by atoms with Crippen LogP contribution in [0.3, 0.4) is 0 Å². The maximum Gasteiger partial charge on any atom is 0.226 e. The maximum atomic E-state index is 12.1. The quantitative estimate of drug-likeness (QED) is 0.847. The number of anilines is 2. The molecule has 0 aliphatic heterocycles. The molecule has 0 radical (unpaired) electrons. The van der Waals surface area contributed by atoms with Gasteiger partial charge in [0.2, 0.25) is 11.8 Å². The predicted molar refractivity (Wildman–Crippen MR) is 95.3 cm³/mol. The first-order chi connectivity index (χ1) is 11.6. The lowest BCUT2D eigenvalue weighted by atomic mass is 10.2. The van der Waals surface area contributed by atoms with Gasteiger partial charge in [0, 0.05) is 37.3 Å². The summed E-state index contributed by atoms with van der Waals surface area (Å²) in [5.41, 5.74) is 1.54. The Morgan fingerprint density at radius 1 is 1.04 bits per heavy atom.